The predicted octanol–water partition coefficient (Wildman–Crippen LogP) is 3.07. The van der Waals surface area contributed by atoms with Crippen molar-refractivity contribution < 1.29 is 18.3 Å². The Hall–Kier alpha value is -0.770. The van der Waals surface area contributed by atoms with Crippen molar-refractivity contribution in [2.75, 3.05) is 0 Å². The largest absolute Gasteiger partial charge is 0.400 e. The van der Waals surface area contributed by atoms with Gasteiger partial charge in [-0.1, -0.05) is 17.7 Å². The summed E-state index contributed by atoms with van der Waals surface area (Å²) in [5, 5.41) is 9.41. The van der Waals surface area contributed by atoms with E-state index in [4.69, 9.17) is 0 Å². The molecule has 0 heterocycles. The van der Waals surface area contributed by atoms with Crippen LogP contribution in [0.25, 0.3) is 0 Å². The zero-order chi connectivity index (χ0) is 11.6. The quantitative estimate of drug-likeness (QED) is 0.707. The third-order valence-electron chi connectivity index (χ3n) is 2.14. The third-order valence-corrected chi connectivity index (χ3v) is 2.14. The van der Waals surface area contributed by atoms with Crippen LogP contribution in [0.3, 0.4) is 0 Å². The Morgan fingerprint density at radius 1 is 1.36 bits per heavy atom. The van der Waals surface area contributed by atoms with Crippen molar-refractivity contribution in [3.8, 4) is 0 Å². The average molecular weight is 208 g/mol. The van der Waals surface area contributed by atoms with Gasteiger partial charge in [-0.25, -0.2) is 0 Å². The second-order valence-corrected chi connectivity index (χ2v) is 3.67. The molecule has 0 rings (SSSR count). The molecular weight excluding hydrogens is 193 g/mol. The Balaban J connectivity index is 5.06. The van der Waals surface area contributed by atoms with E-state index in [9.17, 15) is 18.3 Å². The SMILES string of the molecule is C=CC(C)(C(O)C=C(C)C)C(F)(F)F. The molecule has 0 bridgehead atoms. The fourth-order valence-electron chi connectivity index (χ4n) is 0.893. The molecule has 82 valence electrons. The molecule has 0 radical (unpaired) electrons. The van der Waals surface area contributed by atoms with Crippen LogP contribution in [-0.4, -0.2) is 17.4 Å². The first-order chi connectivity index (χ1) is 6.15. The molecule has 0 aliphatic carbocycles. The van der Waals surface area contributed by atoms with E-state index in [0.29, 0.717) is 5.57 Å². The van der Waals surface area contributed by atoms with Crippen LogP contribution in [0.15, 0.2) is 24.3 Å². The van der Waals surface area contributed by atoms with Crippen LogP contribution in [0.4, 0.5) is 13.2 Å². The summed E-state index contributed by atoms with van der Waals surface area (Å²) in [5.41, 5.74) is -1.65. The van der Waals surface area contributed by atoms with Crippen LogP contribution in [0.1, 0.15) is 20.8 Å². The molecule has 0 saturated carbocycles. The van der Waals surface area contributed by atoms with Crippen molar-refractivity contribution in [1.82, 2.24) is 0 Å². The van der Waals surface area contributed by atoms with Crippen molar-refractivity contribution in [2.24, 2.45) is 5.41 Å². The second-order valence-electron chi connectivity index (χ2n) is 3.67. The fourth-order valence-corrected chi connectivity index (χ4v) is 0.893. The van der Waals surface area contributed by atoms with Crippen LogP contribution in [0, 0.1) is 5.41 Å². The lowest BCUT2D eigenvalue weighted by Crippen LogP contribution is -2.42. The van der Waals surface area contributed by atoms with Crippen molar-refractivity contribution in [3.05, 3.63) is 24.3 Å². The van der Waals surface area contributed by atoms with E-state index in [2.05, 4.69) is 6.58 Å². The Kier molecular flexibility index (Phi) is 3.94. The number of allylic oxidation sites excluding steroid dienone is 1. The van der Waals surface area contributed by atoms with Crippen LogP contribution in [0.5, 0.6) is 0 Å². The summed E-state index contributed by atoms with van der Waals surface area (Å²) in [6.07, 6.45) is -4.18. The summed E-state index contributed by atoms with van der Waals surface area (Å²) in [5.74, 6) is 0. The number of hydrogen-bond acceptors (Lipinski definition) is 1. The fraction of sp³-hybridized carbons (Fsp3) is 0.600. The minimum Gasteiger partial charge on any atom is -0.388 e. The van der Waals surface area contributed by atoms with E-state index >= 15 is 0 Å². The molecule has 0 aliphatic heterocycles. The highest BCUT2D eigenvalue weighted by Gasteiger charge is 2.52. The highest BCUT2D eigenvalue weighted by atomic mass is 19.4. The van der Waals surface area contributed by atoms with Crippen LogP contribution >= 0.6 is 0 Å². The lowest BCUT2D eigenvalue weighted by Gasteiger charge is -2.32. The Bertz CT molecular complexity index is 238. The molecule has 1 nitrogen and oxygen atoms in total. The molecule has 0 fully saturated rings. The minimum absolute atomic E-state index is 0.634. The molecule has 4 heteroatoms. The molecule has 2 atom stereocenters. The highest BCUT2D eigenvalue weighted by molar-refractivity contribution is 5.11. The van der Waals surface area contributed by atoms with Gasteiger partial charge in [-0.05, 0) is 20.8 Å². The maximum Gasteiger partial charge on any atom is 0.400 e. The number of aliphatic hydroxyl groups is 1. The smallest absolute Gasteiger partial charge is 0.388 e. The van der Waals surface area contributed by atoms with Gasteiger partial charge >= 0.3 is 6.18 Å². The van der Waals surface area contributed by atoms with Gasteiger partial charge in [0.25, 0.3) is 0 Å². The summed E-state index contributed by atoms with van der Waals surface area (Å²) >= 11 is 0. The van der Waals surface area contributed by atoms with Crippen molar-refractivity contribution >= 4 is 0 Å². The van der Waals surface area contributed by atoms with E-state index in [1.54, 1.807) is 13.8 Å². The summed E-state index contributed by atoms with van der Waals surface area (Å²) < 4.78 is 37.6. The predicted molar refractivity (Wildman–Crippen MR) is 49.8 cm³/mol. The Morgan fingerprint density at radius 2 is 1.79 bits per heavy atom. The normalized spacial score (nSPS) is 18.2. The zero-order valence-corrected chi connectivity index (χ0v) is 8.52. The lowest BCUT2D eigenvalue weighted by molar-refractivity contribution is -0.221. The standard InChI is InChI=1S/C10H15F3O/c1-5-9(4,10(11,12)13)8(14)6-7(2)3/h5-6,8,14H,1H2,2-4H3. The van der Waals surface area contributed by atoms with Crippen LogP contribution in [0.2, 0.25) is 0 Å². The number of alkyl halides is 3. The van der Waals surface area contributed by atoms with Crippen LogP contribution in [-0.2, 0) is 0 Å². The van der Waals surface area contributed by atoms with Gasteiger partial charge < -0.3 is 5.11 Å². The van der Waals surface area contributed by atoms with Crippen molar-refractivity contribution in [3.63, 3.8) is 0 Å². The topological polar surface area (TPSA) is 20.2 Å². The molecule has 2 unspecified atom stereocenters. The van der Waals surface area contributed by atoms with Crippen molar-refractivity contribution in [1.29, 1.82) is 0 Å². The van der Waals surface area contributed by atoms with E-state index in [1.165, 1.54) is 6.08 Å². The third kappa shape index (κ3) is 2.61. The average Bonchev–Trinajstić information content (AvgIpc) is 1.99. The number of hydrogen-bond donors (Lipinski definition) is 1. The molecule has 0 aromatic heterocycles. The monoisotopic (exact) mass is 208 g/mol. The van der Waals surface area contributed by atoms with Crippen LogP contribution < -0.4 is 0 Å². The number of rotatable bonds is 3. The molecular formula is C10H15F3O. The van der Waals surface area contributed by atoms with E-state index in [0.717, 1.165) is 13.0 Å². The maximum atomic E-state index is 12.5. The molecule has 14 heavy (non-hydrogen) atoms. The molecule has 0 saturated heterocycles. The molecule has 0 amide bonds. The number of halogens is 3. The van der Waals surface area contributed by atoms with Gasteiger partial charge in [0, 0.05) is 0 Å². The maximum absolute atomic E-state index is 12.5. The minimum atomic E-state index is -4.50. The summed E-state index contributed by atoms with van der Waals surface area (Å²) in [4.78, 5) is 0. The summed E-state index contributed by atoms with van der Waals surface area (Å²) in [7, 11) is 0. The Morgan fingerprint density at radius 3 is 2.00 bits per heavy atom. The van der Waals surface area contributed by atoms with E-state index in [1.807, 2.05) is 0 Å². The van der Waals surface area contributed by atoms with Gasteiger partial charge in [0.2, 0.25) is 0 Å². The van der Waals surface area contributed by atoms with Gasteiger partial charge in [0.15, 0.2) is 0 Å². The number of aliphatic hydroxyl groups excluding tert-OH is 1. The van der Waals surface area contributed by atoms with Gasteiger partial charge in [0.1, 0.15) is 5.41 Å². The first kappa shape index (κ1) is 13.2. The zero-order valence-electron chi connectivity index (χ0n) is 8.52. The molecule has 0 aromatic carbocycles. The molecule has 0 spiro atoms. The molecule has 1 N–H and O–H groups in total. The highest BCUT2D eigenvalue weighted by Crippen LogP contribution is 2.42. The van der Waals surface area contributed by atoms with E-state index < -0.39 is 17.7 Å². The summed E-state index contributed by atoms with van der Waals surface area (Å²) in [6, 6.07) is 0. The lowest BCUT2D eigenvalue weighted by atomic mass is 9.83. The second kappa shape index (κ2) is 4.17. The molecule has 0 aliphatic rings. The van der Waals surface area contributed by atoms with E-state index in [-0.39, 0.29) is 0 Å². The van der Waals surface area contributed by atoms with Gasteiger partial charge in [0.05, 0.1) is 6.10 Å². The Labute approximate surface area is 81.9 Å². The van der Waals surface area contributed by atoms with Gasteiger partial charge in [-0.2, -0.15) is 13.2 Å². The first-order valence-corrected chi connectivity index (χ1v) is 4.18. The molecule has 0 aromatic rings. The van der Waals surface area contributed by atoms with Gasteiger partial charge in [-0.3, -0.25) is 0 Å². The first-order valence-electron chi connectivity index (χ1n) is 4.18. The van der Waals surface area contributed by atoms with Crippen molar-refractivity contribution in [2.45, 2.75) is 33.1 Å². The summed E-state index contributed by atoms with van der Waals surface area (Å²) in [6.45, 7) is 7.30. The van der Waals surface area contributed by atoms with Gasteiger partial charge in [-0.15, -0.1) is 6.58 Å².